The monoisotopic (exact) mass is 553 g/mol. The van der Waals surface area contributed by atoms with Gasteiger partial charge in [0.15, 0.2) is 5.13 Å². The molecule has 1 fully saturated rings. The van der Waals surface area contributed by atoms with Gasteiger partial charge < -0.3 is 4.74 Å². The highest BCUT2D eigenvalue weighted by atomic mass is 32.2. The molecular formula is C27H31N5O4S2. The third-order valence-electron chi connectivity index (χ3n) is 6.93. The van der Waals surface area contributed by atoms with E-state index >= 15 is 0 Å². The zero-order valence-corrected chi connectivity index (χ0v) is 23.3. The molecule has 1 amide bonds. The first kappa shape index (κ1) is 26.3. The molecule has 2 aromatic carbocycles. The van der Waals surface area contributed by atoms with Crippen molar-refractivity contribution in [1.29, 1.82) is 0 Å². The van der Waals surface area contributed by atoms with Crippen LogP contribution >= 0.6 is 11.3 Å². The first-order valence-corrected chi connectivity index (χ1v) is 14.8. The Morgan fingerprint density at radius 3 is 2.55 bits per heavy atom. The number of fused-ring (bicyclic) bond motifs is 1. The van der Waals surface area contributed by atoms with Crippen molar-refractivity contribution in [2.45, 2.75) is 38.1 Å². The van der Waals surface area contributed by atoms with Crippen LogP contribution in [-0.4, -0.2) is 60.1 Å². The zero-order chi connectivity index (χ0) is 26.9. The first-order chi connectivity index (χ1) is 18.3. The van der Waals surface area contributed by atoms with Crippen LogP contribution in [0.1, 0.15) is 24.0 Å². The molecule has 0 atom stereocenters. The summed E-state index contributed by atoms with van der Waals surface area (Å²) >= 11 is 1.52. The summed E-state index contributed by atoms with van der Waals surface area (Å²) in [6.07, 6.45) is 4.50. The average Bonchev–Trinajstić information content (AvgIpc) is 3.59. The highest BCUT2D eigenvalue weighted by molar-refractivity contribution is 7.89. The number of piperidine rings is 1. The quantitative estimate of drug-likeness (QED) is 0.324. The molecule has 0 radical (unpaired) electrons. The number of carbonyl (C=O) groups excluding carboxylic acids is 1. The molecule has 0 bridgehead atoms. The number of rotatable bonds is 8. The molecule has 11 heteroatoms. The van der Waals surface area contributed by atoms with Gasteiger partial charge in [0.2, 0.25) is 15.9 Å². The molecule has 9 nitrogen and oxygen atoms in total. The van der Waals surface area contributed by atoms with Crippen molar-refractivity contribution in [2.75, 3.05) is 31.6 Å². The van der Waals surface area contributed by atoms with Crippen molar-refractivity contribution in [3.05, 3.63) is 66.0 Å². The van der Waals surface area contributed by atoms with Crippen LogP contribution in [0, 0.1) is 19.8 Å². The number of thiazole rings is 1. The van der Waals surface area contributed by atoms with Gasteiger partial charge in [0.1, 0.15) is 5.75 Å². The maximum atomic E-state index is 13.9. The van der Waals surface area contributed by atoms with Crippen LogP contribution in [0.5, 0.6) is 5.75 Å². The Balaban J connectivity index is 1.34. The Morgan fingerprint density at radius 1 is 1.16 bits per heavy atom. The lowest BCUT2D eigenvalue weighted by atomic mass is 9.96. The number of nitrogens with zero attached hydrogens (tertiary/aromatic N) is 5. The SMILES string of the molecule is COc1ccc(S(=O)(=O)N2CCC(C(=O)N(CCn3cccn3)c3nc4c(C)cc(C)cc4s3)CC2)cc1. The van der Waals surface area contributed by atoms with Crippen LogP contribution in [0.2, 0.25) is 0 Å². The van der Waals surface area contributed by atoms with E-state index in [4.69, 9.17) is 9.72 Å². The van der Waals surface area contributed by atoms with E-state index in [1.807, 2.05) is 19.2 Å². The lowest BCUT2D eigenvalue weighted by molar-refractivity contribution is -0.123. The standard InChI is InChI=1S/C27H31N5O4S2/c1-19-17-20(2)25-24(18-19)37-27(29-25)32(16-15-30-12-4-11-28-30)26(33)21-9-13-31(14-10-21)38(34,35)23-7-5-22(36-3)6-8-23/h4-8,11-12,17-18,21H,9-10,13-16H2,1-3H3. The topological polar surface area (TPSA) is 97.6 Å². The Bertz CT molecular complexity index is 1520. The largest absolute Gasteiger partial charge is 0.497 e. The fraction of sp³-hybridized carbons (Fsp3) is 0.370. The van der Waals surface area contributed by atoms with E-state index in [-0.39, 0.29) is 29.8 Å². The van der Waals surface area contributed by atoms with E-state index < -0.39 is 10.0 Å². The molecule has 0 aliphatic carbocycles. The lowest BCUT2D eigenvalue weighted by Crippen LogP contribution is -2.45. The number of hydrogen-bond acceptors (Lipinski definition) is 7. The maximum Gasteiger partial charge on any atom is 0.243 e. The van der Waals surface area contributed by atoms with Crippen molar-refractivity contribution in [2.24, 2.45) is 5.92 Å². The number of ether oxygens (including phenoxy) is 1. The Kier molecular flexibility index (Phi) is 7.51. The molecular weight excluding hydrogens is 522 g/mol. The van der Waals surface area contributed by atoms with Gasteiger partial charge >= 0.3 is 0 Å². The van der Waals surface area contributed by atoms with Gasteiger partial charge in [-0.3, -0.25) is 14.4 Å². The van der Waals surface area contributed by atoms with Gasteiger partial charge in [-0.25, -0.2) is 13.4 Å². The molecule has 200 valence electrons. The zero-order valence-electron chi connectivity index (χ0n) is 21.7. The second kappa shape index (κ2) is 10.8. The van der Waals surface area contributed by atoms with Crippen LogP contribution in [0.15, 0.2) is 59.8 Å². The molecule has 0 unspecified atom stereocenters. The van der Waals surface area contributed by atoms with E-state index in [1.54, 1.807) is 47.2 Å². The average molecular weight is 554 g/mol. The molecule has 0 spiro atoms. The van der Waals surface area contributed by atoms with Crippen molar-refractivity contribution in [1.82, 2.24) is 19.1 Å². The van der Waals surface area contributed by atoms with Crippen molar-refractivity contribution in [3.63, 3.8) is 0 Å². The minimum Gasteiger partial charge on any atom is -0.497 e. The van der Waals surface area contributed by atoms with Gasteiger partial charge in [0.25, 0.3) is 0 Å². The Labute approximate surface area is 226 Å². The normalized spacial score (nSPS) is 15.1. The summed E-state index contributed by atoms with van der Waals surface area (Å²) in [7, 11) is -2.10. The van der Waals surface area contributed by atoms with Crippen molar-refractivity contribution >= 4 is 42.6 Å². The molecule has 0 N–H and O–H groups in total. The van der Waals surface area contributed by atoms with Crippen molar-refractivity contribution in [3.8, 4) is 5.75 Å². The van der Waals surface area contributed by atoms with Gasteiger partial charge in [0.05, 0.1) is 28.8 Å². The lowest BCUT2D eigenvalue weighted by Gasteiger charge is -2.33. The number of anilines is 1. The van der Waals surface area contributed by atoms with Gasteiger partial charge in [-0.1, -0.05) is 17.4 Å². The van der Waals surface area contributed by atoms with Gasteiger partial charge in [-0.05, 0) is 74.2 Å². The highest BCUT2D eigenvalue weighted by Gasteiger charge is 2.35. The van der Waals surface area contributed by atoms with E-state index in [0.717, 1.165) is 21.3 Å². The molecule has 1 aliphatic rings. The second-order valence-corrected chi connectivity index (χ2v) is 12.5. The van der Waals surface area contributed by atoms with E-state index in [0.29, 0.717) is 36.8 Å². The summed E-state index contributed by atoms with van der Waals surface area (Å²) < 4.78 is 35.8. The predicted molar refractivity (Wildman–Crippen MR) is 148 cm³/mol. The predicted octanol–water partition coefficient (Wildman–Crippen LogP) is 4.25. The number of hydrogen-bond donors (Lipinski definition) is 0. The highest BCUT2D eigenvalue weighted by Crippen LogP contribution is 2.34. The van der Waals surface area contributed by atoms with Crippen LogP contribution in [-0.2, 0) is 21.4 Å². The van der Waals surface area contributed by atoms with Crippen molar-refractivity contribution < 1.29 is 17.9 Å². The second-order valence-electron chi connectivity index (χ2n) is 9.54. The number of aryl methyl sites for hydroxylation is 2. The van der Waals surface area contributed by atoms with Gasteiger partial charge in [-0.2, -0.15) is 9.40 Å². The Hall–Kier alpha value is -3.28. The molecule has 5 rings (SSSR count). The first-order valence-electron chi connectivity index (χ1n) is 12.6. The van der Waals surface area contributed by atoms with Crippen LogP contribution in [0.4, 0.5) is 5.13 Å². The molecule has 0 saturated carbocycles. The maximum absolute atomic E-state index is 13.9. The van der Waals surface area contributed by atoms with E-state index in [2.05, 4.69) is 24.2 Å². The van der Waals surface area contributed by atoms with Gasteiger partial charge in [-0.15, -0.1) is 0 Å². The van der Waals surface area contributed by atoms with E-state index in [1.165, 1.54) is 15.6 Å². The minimum absolute atomic E-state index is 0.0212. The number of carbonyl (C=O) groups is 1. The van der Waals surface area contributed by atoms with Crippen LogP contribution in [0.25, 0.3) is 10.2 Å². The number of sulfonamides is 1. The summed E-state index contributed by atoms with van der Waals surface area (Å²) in [5.74, 6) is 0.292. The molecule has 1 saturated heterocycles. The number of aromatic nitrogens is 3. The summed E-state index contributed by atoms with van der Waals surface area (Å²) in [4.78, 5) is 20.7. The fourth-order valence-electron chi connectivity index (χ4n) is 4.87. The minimum atomic E-state index is -3.64. The smallest absolute Gasteiger partial charge is 0.243 e. The molecule has 1 aliphatic heterocycles. The summed E-state index contributed by atoms with van der Waals surface area (Å²) in [6.45, 7) is 5.64. The third-order valence-corrected chi connectivity index (χ3v) is 9.87. The third kappa shape index (κ3) is 5.31. The van der Waals surface area contributed by atoms with Crippen LogP contribution in [0.3, 0.4) is 0 Å². The van der Waals surface area contributed by atoms with Crippen LogP contribution < -0.4 is 9.64 Å². The molecule has 4 aromatic rings. The van der Waals surface area contributed by atoms with E-state index in [9.17, 15) is 13.2 Å². The van der Waals surface area contributed by atoms with Gasteiger partial charge in [0, 0.05) is 37.9 Å². The Morgan fingerprint density at radius 2 is 1.89 bits per heavy atom. The molecule has 38 heavy (non-hydrogen) atoms. The number of methoxy groups -OCH3 is 1. The summed E-state index contributed by atoms with van der Waals surface area (Å²) in [6, 6.07) is 12.4. The number of amides is 1. The summed E-state index contributed by atoms with van der Waals surface area (Å²) in [5, 5.41) is 4.95. The fourth-order valence-corrected chi connectivity index (χ4v) is 7.51. The molecule has 2 aromatic heterocycles. The molecule has 3 heterocycles. The summed E-state index contributed by atoms with van der Waals surface area (Å²) in [5.41, 5.74) is 3.15. The number of benzene rings is 2.